The molecule has 1 amide bonds. The maximum Gasteiger partial charge on any atom is 0.261 e. The molecule has 2 aromatic rings. The second-order valence-corrected chi connectivity index (χ2v) is 8.11. The number of carbonyl (C=O) groups is 1. The lowest BCUT2D eigenvalue weighted by atomic mass is 9.87. The summed E-state index contributed by atoms with van der Waals surface area (Å²) in [5.74, 6) is 1.05. The van der Waals surface area contributed by atoms with Crippen molar-refractivity contribution in [3.8, 4) is 11.5 Å². The summed E-state index contributed by atoms with van der Waals surface area (Å²) in [7, 11) is 3.15. The third-order valence-electron chi connectivity index (χ3n) is 5.31. The molecule has 2 aromatic carbocycles. The van der Waals surface area contributed by atoms with Crippen LogP contribution in [0.4, 0.5) is 5.69 Å². The number of rotatable bonds is 4. The van der Waals surface area contributed by atoms with E-state index in [9.17, 15) is 4.79 Å². The van der Waals surface area contributed by atoms with Crippen LogP contribution >= 0.6 is 0 Å². The molecular formula is C23H30N2O3. The van der Waals surface area contributed by atoms with E-state index in [1.165, 1.54) is 11.3 Å². The number of benzene rings is 2. The van der Waals surface area contributed by atoms with Gasteiger partial charge in [0, 0.05) is 31.9 Å². The highest BCUT2D eigenvalue weighted by atomic mass is 16.5. The molecule has 150 valence electrons. The van der Waals surface area contributed by atoms with Crippen LogP contribution in [0.15, 0.2) is 42.5 Å². The van der Waals surface area contributed by atoms with Crippen LogP contribution in [0.25, 0.3) is 0 Å². The Morgan fingerprint density at radius 3 is 1.86 bits per heavy atom. The Kier molecular flexibility index (Phi) is 5.82. The summed E-state index contributed by atoms with van der Waals surface area (Å²) in [6.45, 7) is 9.60. The molecule has 0 aromatic heterocycles. The van der Waals surface area contributed by atoms with Crippen molar-refractivity contribution in [2.75, 3.05) is 45.3 Å². The molecule has 1 aliphatic rings. The quantitative estimate of drug-likeness (QED) is 0.803. The molecule has 5 heteroatoms. The van der Waals surface area contributed by atoms with Crippen LogP contribution in [-0.2, 0) is 5.41 Å². The van der Waals surface area contributed by atoms with Crippen molar-refractivity contribution >= 4 is 11.6 Å². The Labute approximate surface area is 167 Å². The minimum atomic E-state index is -0.0444. The average Bonchev–Trinajstić information content (AvgIpc) is 2.72. The first-order valence-corrected chi connectivity index (χ1v) is 9.71. The molecule has 3 rings (SSSR count). The third kappa shape index (κ3) is 4.08. The Bertz CT molecular complexity index is 794. The molecule has 1 heterocycles. The molecule has 1 aliphatic heterocycles. The predicted octanol–water partition coefficient (Wildman–Crippen LogP) is 3.96. The lowest BCUT2D eigenvalue weighted by Gasteiger charge is -2.36. The average molecular weight is 383 g/mol. The lowest BCUT2D eigenvalue weighted by Crippen LogP contribution is -2.49. The van der Waals surface area contributed by atoms with Crippen molar-refractivity contribution in [1.29, 1.82) is 0 Å². The Balaban J connectivity index is 1.70. The zero-order chi connectivity index (χ0) is 20.3. The fourth-order valence-electron chi connectivity index (χ4n) is 3.56. The first kappa shape index (κ1) is 20.1. The van der Waals surface area contributed by atoms with Crippen LogP contribution in [0.3, 0.4) is 0 Å². The van der Waals surface area contributed by atoms with Gasteiger partial charge in [-0.3, -0.25) is 4.79 Å². The van der Waals surface area contributed by atoms with Gasteiger partial charge >= 0.3 is 0 Å². The van der Waals surface area contributed by atoms with Crippen molar-refractivity contribution in [1.82, 2.24) is 4.90 Å². The van der Waals surface area contributed by atoms with Gasteiger partial charge in [0.05, 0.1) is 14.2 Å². The number of carbonyl (C=O) groups excluding carboxylic acids is 1. The van der Waals surface area contributed by atoms with E-state index < -0.39 is 0 Å². The normalized spacial score (nSPS) is 14.8. The number of anilines is 1. The van der Waals surface area contributed by atoms with Crippen LogP contribution in [0.1, 0.15) is 36.7 Å². The predicted molar refractivity (Wildman–Crippen MR) is 113 cm³/mol. The number of hydrogen-bond acceptors (Lipinski definition) is 4. The SMILES string of the molecule is COc1cccc(OC)c1C(=O)N1CCN(c2ccc(C(C)(C)C)cc2)CC1. The summed E-state index contributed by atoms with van der Waals surface area (Å²) in [5.41, 5.74) is 3.18. The number of hydrogen-bond donors (Lipinski definition) is 0. The zero-order valence-corrected chi connectivity index (χ0v) is 17.5. The van der Waals surface area contributed by atoms with E-state index >= 15 is 0 Å². The summed E-state index contributed by atoms with van der Waals surface area (Å²) in [5, 5.41) is 0. The Hall–Kier alpha value is -2.69. The summed E-state index contributed by atoms with van der Waals surface area (Å²) in [6.07, 6.45) is 0. The second kappa shape index (κ2) is 8.13. The van der Waals surface area contributed by atoms with E-state index in [0.29, 0.717) is 30.2 Å². The van der Waals surface area contributed by atoms with Gasteiger partial charge in [-0.05, 0) is 35.2 Å². The summed E-state index contributed by atoms with van der Waals surface area (Å²) < 4.78 is 10.8. The number of nitrogens with zero attached hydrogens (tertiary/aromatic N) is 2. The van der Waals surface area contributed by atoms with Crippen molar-refractivity contribution in [2.45, 2.75) is 26.2 Å². The molecule has 5 nitrogen and oxygen atoms in total. The van der Waals surface area contributed by atoms with Crippen molar-refractivity contribution in [3.63, 3.8) is 0 Å². The smallest absolute Gasteiger partial charge is 0.261 e. The lowest BCUT2D eigenvalue weighted by molar-refractivity contribution is 0.0740. The van der Waals surface area contributed by atoms with Crippen molar-refractivity contribution in [2.24, 2.45) is 0 Å². The molecular weight excluding hydrogens is 352 g/mol. The van der Waals surface area contributed by atoms with Gasteiger partial charge < -0.3 is 19.3 Å². The summed E-state index contributed by atoms with van der Waals surface area (Å²) >= 11 is 0. The summed E-state index contributed by atoms with van der Waals surface area (Å²) in [6, 6.07) is 14.2. The van der Waals surface area contributed by atoms with Gasteiger partial charge in [0.15, 0.2) is 0 Å². The topological polar surface area (TPSA) is 42.0 Å². The van der Waals surface area contributed by atoms with Gasteiger partial charge in [-0.2, -0.15) is 0 Å². The van der Waals surface area contributed by atoms with Crippen LogP contribution < -0.4 is 14.4 Å². The molecule has 0 N–H and O–H groups in total. The highest BCUT2D eigenvalue weighted by Crippen LogP contribution is 2.30. The monoisotopic (exact) mass is 382 g/mol. The largest absolute Gasteiger partial charge is 0.496 e. The van der Waals surface area contributed by atoms with Crippen LogP contribution in [0, 0.1) is 0 Å². The molecule has 0 atom stereocenters. The Morgan fingerprint density at radius 2 is 1.39 bits per heavy atom. The molecule has 1 fully saturated rings. The first-order valence-electron chi connectivity index (χ1n) is 9.71. The second-order valence-electron chi connectivity index (χ2n) is 8.11. The molecule has 0 aliphatic carbocycles. The van der Waals surface area contributed by atoms with E-state index in [1.807, 2.05) is 11.0 Å². The highest BCUT2D eigenvalue weighted by Gasteiger charge is 2.27. The van der Waals surface area contributed by atoms with Gasteiger partial charge in [0.25, 0.3) is 5.91 Å². The number of piperazine rings is 1. The van der Waals surface area contributed by atoms with E-state index in [4.69, 9.17) is 9.47 Å². The minimum Gasteiger partial charge on any atom is -0.496 e. The molecule has 0 saturated carbocycles. The minimum absolute atomic E-state index is 0.0444. The molecule has 0 unspecified atom stereocenters. The molecule has 0 spiro atoms. The number of methoxy groups -OCH3 is 2. The fraction of sp³-hybridized carbons (Fsp3) is 0.435. The van der Waals surface area contributed by atoms with E-state index in [0.717, 1.165) is 13.1 Å². The van der Waals surface area contributed by atoms with Gasteiger partial charge in [-0.15, -0.1) is 0 Å². The third-order valence-corrected chi connectivity index (χ3v) is 5.31. The van der Waals surface area contributed by atoms with E-state index in [1.54, 1.807) is 26.4 Å². The molecule has 0 radical (unpaired) electrons. The van der Waals surface area contributed by atoms with E-state index in [2.05, 4.69) is 49.9 Å². The van der Waals surface area contributed by atoms with Crippen LogP contribution in [0.2, 0.25) is 0 Å². The van der Waals surface area contributed by atoms with Gasteiger partial charge in [0.1, 0.15) is 17.1 Å². The Morgan fingerprint density at radius 1 is 0.857 bits per heavy atom. The maximum absolute atomic E-state index is 13.1. The highest BCUT2D eigenvalue weighted by molar-refractivity contribution is 5.99. The van der Waals surface area contributed by atoms with Crippen LogP contribution in [0.5, 0.6) is 11.5 Å². The zero-order valence-electron chi connectivity index (χ0n) is 17.5. The van der Waals surface area contributed by atoms with Gasteiger partial charge in [-0.1, -0.05) is 39.0 Å². The van der Waals surface area contributed by atoms with Crippen molar-refractivity contribution in [3.05, 3.63) is 53.6 Å². The van der Waals surface area contributed by atoms with Crippen molar-refractivity contribution < 1.29 is 14.3 Å². The van der Waals surface area contributed by atoms with Gasteiger partial charge in [0.2, 0.25) is 0 Å². The number of amides is 1. The maximum atomic E-state index is 13.1. The first-order chi connectivity index (χ1) is 13.3. The molecule has 0 bridgehead atoms. The summed E-state index contributed by atoms with van der Waals surface area (Å²) in [4.78, 5) is 17.3. The number of ether oxygens (including phenoxy) is 2. The van der Waals surface area contributed by atoms with Crippen LogP contribution in [-0.4, -0.2) is 51.2 Å². The van der Waals surface area contributed by atoms with E-state index in [-0.39, 0.29) is 11.3 Å². The molecule has 28 heavy (non-hydrogen) atoms. The standard InChI is InChI=1S/C23H30N2O3/c1-23(2,3)17-9-11-18(12-10-17)24-13-15-25(16-14-24)22(26)21-19(27-4)7-6-8-20(21)28-5/h6-12H,13-16H2,1-5H3. The fourth-order valence-corrected chi connectivity index (χ4v) is 3.56. The molecule has 1 saturated heterocycles. The van der Waals surface area contributed by atoms with Gasteiger partial charge in [-0.25, -0.2) is 0 Å².